The average Bonchev–Trinajstić information content (AvgIpc) is 2.30. The highest BCUT2D eigenvalue weighted by Gasteiger charge is 2.11. The molecule has 1 aromatic carbocycles. The van der Waals surface area contributed by atoms with E-state index in [-0.39, 0.29) is 0 Å². The van der Waals surface area contributed by atoms with Gasteiger partial charge in [0, 0.05) is 5.69 Å². The van der Waals surface area contributed by atoms with E-state index in [1.807, 2.05) is 0 Å². The third-order valence-corrected chi connectivity index (χ3v) is 2.39. The Kier molecular flexibility index (Phi) is 4.82. The van der Waals surface area contributed by atoms with E-state index in [0.717, 1.165) is 6.42 Å². The van der Waals surface area contributed by atoms with E-state index in [4.69, 9.17) is 10.5 Å². The van der Waals surface area contributed by atoms with Crippen LogP contribution in [0, 0.1) is 5.92 Å². The molecule has 0 saturated heterocycles. The number of nitrogens with two attached hydrogens (primary N) is 1. The van der Waals surface area contributed by atoms with Crippen LogP contribution in [0.15, 0.2) is 18.2 Å². The van der Waals surface area contributed by atoms with Crippen LogP contribution in [0.1, 0.15) is 30.6 Å². The Labute approximate surface area is 102 Å². The van der Waals surface area contributed by atoms with Gasteiger partial charge >= 0.3 is 5.97 Å². The minimum Gasteiger partial charge on any atom is -0.494 e. The largest absolute Gasteiger partial charge is 0.494 e. The number of benzene rings is 1. The highest BCUT2D eigenvalue weighted by molar-refractivity contribution is 5.95. The summed E-state index contributed by atoms with van der Waals surface area (Å²) in [7, 11) is 1.33. The molecule has 0 bridgehead atoms. The fourth-order valence-corrected chi connectivity index (χ4v) is 1.32. The Balaban J connectivity index is 2.71. The fourth-order valence-electron chi connectivity index (χ4n) is 1.32. The number of esters is 1. The van der Waals surface area contributed by atoms with Gasteiger partial charge in [-0.2, -0.15) is 0 Å². The molecule has 2 N–H and O–H groups in total. The summed E-state index contributed by atoms with van der Waals surface area (Å²) in [4.78, 5) is 11.4. The lowest BCUT2D eigenvalue weighted by molar-refractivity contribution is 0.0601. The van der Waals surface area contributed by atoms with E-state index in [2.05, 4.69) is 18.6 Å². The predicted octanol–water partition coefficient (Wildman–Crippen LogP) is 2.48. The molecule has 0 saturated carbocycles. The second kappa shape index (κ2) is 6.13. The summed E-state index contributed by atoms with van der Waals surface area (Å²) in [5.41, 5.74) is 6.42. The minimum atomic E-state index is -0.447. The van der Waals surface area contributed by atoms with Crippen LogP contribution in [-0.4, -0.2) is 19.7 Å². The van der Waals surface area contributed by atoms with Gasteiger partial charge in [0.25, 0.3) is 0 Å². The Morgan fingerprint density at radius 3 is 2.71 bits per heavy atom. The topological polar surface area (TPSA) is 61.5 Å². The molecular formula is C13H19NO3. The Bertz CT molecular complexity index is 388. The number of nitrogen functional groups attached to an aromatic ring is 1. The van der Waals surface area contributed by atoms with Gasteiger partial charge in [-0.15, -0.1) is 0 Å². The predicted molar refractivity (Wildman–Crippen MR) is 67.1 cm³/mol. The summed E-state index contributed by atoms with van der Waals surface area (Å²) in [6.07, 6.45) is 0.970. The first-order valence-corrected chi connectivity index (χ1v) is 5.65. The highest BCUT2D eigenvalue weighted by atomic mass is 16.5. The van der Waals surface area contributed by atoms with E-state index in [1.54, 1.807) is 18.2 Å². The summed E-state index contributed by atoms with van der Waals surface area (Å²) >= 11 is 0. The van der Waals surface area contributed by atoms with Crippen molar-refractivity contribution in [1.82, 2.24) is 0 Å². The Hall–Kier alpha value is -1.71. The molecule has 0 aliphatic carbocycles. The minimum absolute atomic E-state index is 0.342. The first-order chi connectivity index (χ1) is 8.04. The first kappa shape index (κ1) is 13.4. The van der Waals surface area contributed by atoms with Crippen LogP contribution in [0.5, 0.6) is 5.75 Å². The van der Waals surface area contributed by atoms with Crippen molar-refractivity contribution in [3.63, 3.8) is 0 Å². The number of ether oxygens (including phenoxy) is 2. The molecule has 94 valence electrons. The molecule has 0 aliphatic heterocycles. The van der Waals surface area contributed by atoms with Crippen LogP contribution in [0.4, 0.5) is 5.69 Å². The smallest absolute Gasteiger partial charge is 0.340 e. The molecule has 17 heavy (non-hydrogen) atoms. The maximum atomic E-state index is 11.4. The molecule has 0 fully saturated rings. The number of methoxy groups -OCH3 is 1. The van der Waals surface area contributed by atoms with Crippen LogP contribution in [-0.2, 0) is 4.74 Å². The molecule has 1 rings (SSSR count). The molecule has 4 heteroatoms. The summed E-state index contributed by atoms with van der Waals surface area (Å²) in [5.74, 6) is 0.779. The number of hydrogen-bond acceptors (Lipinski definition) is 4. The van der Waals surface area contributed by atoms with Crippen molar-refractivity contribution in [2.45, 2.75) is 20.3 Å². The summed E-state index contributed by atoms with van der Waals surface area (Å²) in [5, 5.41) is 0. The van der Waals surface area contributed by atoms with Crippen molar-refractivity contribution in [2.24, 2.45) is 5.92 Å². The third-order valence-electron chi connectivity index (χ3n) is 2.39. The summed E-state index contributed by atoms with van der Waals surface area (Å²) < 4.78 is 10.2. The Morgan fingerprint density at radius 1 is 1.41 bits per heavy atom. The summed E-state index contributed by atoms with van der Waals surface area (Å²) in [6.45, 7) is 4.89. The molecule has 0 unspecified atom stereocenters. The SMILES string of the molecule is COC(=O)c1cc(OCCC(C)C)ccc1N. The second-order valence-corrected chi connectivity index (χ2v) is 4.27. The number of hydrogen-bond donors (Lipinski definition) is 1. The Morgan fingerprint density at radius 2 is 2.12 bits per heavy atom. The molecule has 0 heterocycles. The number of rotatable bonds is 5. The van der Waals surface area contributed by atoms with Crippen LogP contribution in [0.2, 0.25) is 0 Å². The average molecular weight is 237 g/mol. The lowest BCUT2D eigenvalue weighted by atomic mass is 10.1. The molecule has 0 atom stereocenters. The zero-order chi connectivity index (χ0) is 12.8. The monoisotopic (exact) mass is 237 g/mol. The number of carbonyl (C=O) groups is 1. The van der Waals surface area contributed by atoms with Crippen molar-refractivity contribution in [3.8, 4) is 5.75 Å². The van der Waals surface area contributed by atoms with Crippen LogP contribution >= 0.6 is 0 Å². The van der Waals surface area contributed by atoms with Gasteiger partial charge in [0.05, 0.1) is 19.3 Å². The highest BCUT2D eigenvalue weighted by Crippen LogP contribution is 2.20. The zero-order valence-electron chi connectivity index (χ0n) is 10.5. The van der Waals surface area contributed by atoms with E-state index in [9.17, 15) is 4.79 Å². The zero-order valence-corrected chi connectivity index (χ0v) is 10.5. The maximum Gasteiger partial charge on any atom is 0.340 e. The molecule has 0 amide bonds. The van der Waals surface area contributed by atoms with Gasteiger partial charge in [0.1, 0.15) is 5.75 Å². The normalized spacial score (nSPS) is 10.4. The number of anilines is 1. The van der Waals surface area contributed by atoms with Gasteiger partial charge < -0.3 is 15.2 Å². The standard InChI is InChI=1S/C13H19NO3/c1-9(2)6-7-17-10-4-5-12(14)11(8-10)13(15)16-3/h4-5,8-9H,6-7,14H2,1-3H3. The van der Waals surface area contributed by atoms with Crippen molar-refractivity contribution >= 4 is 11.7 Å². The molecular weight excluding hydrogens is 218 g/mol. The molecule has 1 aromatic rings. The second-order valence-electron chi connectivity index (χ2n) is 4.27. The lowest BCUT2D eigenvalue weighted by Gasteiger charge is -2.10. The van der Waals surface area contributed by atoms with E-state index in [0.29, 0.717) is 29.5 Å². The van der Waals surface area contributed by atoms with E-state index < -0.39 is 5.97 Å². The van der Waals surface area contributed by atoms with Gasteiger partial charge in [0.15, 0.2) is 0 Å². The van der Waals surface area contributed by atoms with Crippen molar-refractivity contribution < 1.29 is 14.3 Å². The quantitative estimate of drug-likeness (QED) is 0.631. The van der Waals surface area contributed by atoms with Gasteiger partial charge in [-0.05, 0) is 30.5 Å². The fraction of sp³-hybridized carbons (Fsp3) is 0.462. The van der Waals surface area contributed by atoms with Gasteiger partial charge in [-0.25, -0.2) is 4.79 Å². The number of carbonyl (C=O) groups excluding carboxylic acids is 1. The van der Waals surface area contributed by atoms with Gasteiger partial charge in [0.2, 0.25) is 0 Å². The molecule has 0 aromatic heterocycles. The van der Waals surface area contributed by atoms with Crippen LogP contribution < -0.4 is 10.5 Å². The van der Waals surface area contributed by atoms with E-state index >= 15 is 0 Å². The lowest BCUT2D eigenvalue weighted by Crippen LogP contribution is -2.07. The van der Waals surface area contributed by atoms with Crippen LogP contribution in [0.3, 0.4) is 0 Å². The van der Waals surface area contributed by atoms with Gasteiger partial charge in [-0.1, -0.05) is 13.8 Å². The summed E-state index contributed by atoms with van der Waals surface area (Å²) in [6, 6.07) is 5.01. The van der Waals surface area contributed by atoms with E-state index in [1.165, 1.54) is 7.11 Å². The maximum absolute atomic E-state index is 11.4. The first-order valence-electron chi connectivity index (χ1n) is 5.65. The molecule has 0 radical (unpaired) electrons. The third kappa shape index (κ3) is 3.98. The van der Waals surface area contributed by atoms with Crippen molar-refractivity contribution in [1.29, 1.82) is 0 Å². The van der Waals surface area contributed by atoms with Gasteiger partial charge in [-0.3, -0.25) is 0 Å². The molecule has 4 nitrogen and oxygen atoms in total. The molecule has 0 spiro atoms. The van der Waals surface area contributed by atoms with Crippen LogP contribution in [0.25, 0.3) is 0 Å². The van der Waals surface area contributed by atoms with Crippen molar-refractivity contribution in [3.05, 3.63) is 23.8 Å². The molecule has 0 aliphatic rings. The van der Waals surface area contributed by atoms with Crippen molar-refractivity contribution in [2.75, 3.05) is 19.5 Å².